The largest absolute Gasteiger partial charge is 0.397 e. The summed E-state index contributed by atoms with van der Waals surface area (Å²) in [6, 6.07) is 4.22. The summed E-state index contributed by atoms with van der Waals surface area (Å²) in [5.74, 6) is 0.663. The Kier molecular flexibility index (Phi) is 3.42. The van der Waals surface area contributed by atoms with Gasteiger partial charge in [-0.05, 0) is 37.2 Å². The molecule has 1 heterocycles. The first kappa shape index (κ1) is 12.7. The van der Waals surface area contributed by atoms with E-state index in [0.717, 1.165) is 12.8 Å². The number of pyridine rings is 1. The average molecular weight is 244 g/mol. The molecule has 0 spiro atoms. The van der Waals surface area contributed by atoms with Gasteiger partial charge >= 0.3 is 0 Å². The van der Waals surface area contributed by atoms with Gasteiger partial charge < -0.3 is 11.1 Å². The van der Waals surface area contributed by atoms with Gasteiger partial charge in [-0.25, -0.2) is 4.98 Å². The Labute approximate surface area is 108 Å². The maximum atomic E-state index is 9.07. The molecule has 1 aromatic heterocycles. The van der Waals surface area contributed by atoms with E-state index in [0.29, 0.717) is 28.5 Å². The Morgan fingerprint density at radius 1 is 1.44 bits per heavy atom. The van der Waals surface area contributed by atoms with Crippen molar-refractivity contribution in [1.29, 1.82) is 5.26 Å². The van der Waals surface area contributed by atoms with E-state index in [1.807, 2.05) is 0 Å². The van der Waals surface area contributed by atoms with Crippen molar-refractivity contribution in [2.75, 3.05) is 11.1 Å². The van der Waals surface area contributed by atoms with Crippen LogP contribution in [0.4, 0.5) is 11.5 Å². The number of nitriles is 1. The molecule has 0 bridgehead atoms. The van der Waals surface area contributed by atoms with E-state index in [1.165, 1.54) is 12.8 Å². The first-order valence-electron chi connectivity index (χ1n) is 6.42. The van der Waals surface area contributed by atoms with Gasteiger partial charge in [0.05, 0.1) is 17.4 Å². The number of nitrogens with zero attached hydrogens (tertiary/aromatic N) is 2. The zero-order valence-corrected chi connectivity index (χ0v) is 11.0. The molecule has 18 heavy (non-hydrogen) atoms. The van der Waals surface area contributed by atoms with Crippen LogP contribution in [0.1, 0.15) is 45.1 Å². The maximum Gasteiger partial charge on any atom is 0.144 e. The number of anilines is 2. The van der Waals surface area contributed by atoms with Crippen LogP contribution in [0.15, 0.2) is 12.3 Å². The monoisotopic (exact) mass is 244 g/mol. The van der Waals surface area contributed by atoms with E-state index in [-0.39, 0.29) is 0 Å². The fourth-order valence-corrected chi connectivity index (χ4v) is 2.42. The molecule has 0 aliphatic heterocycles. The van der Waals surface area contributed by atoms with Gasteiger partial charge in [-0.15, -0.1) is 0 Å². The van der Waals surface area contributed by atoms with E-state index >= 15 is 0 Å². The highest BCUT2D eigenvalue weighted by molar-refractivity contribution is 5.57. The summed E-state index contributed by atoms with van der Waals surface area (Å²) in [5.41, 5.74) is 7.14. The number of hydrogen-bond donors (Lipinski definition) is 2. The Morgan fingerprint density at radius 2 is 2.11 bits per heavy atom. The summed E-state index contributed by atoms with van der Waals surface area (Å²) in [7, 11) is 0. The van der Waals surface area contributed by atoms with Gasteiger partial charge in [-0.1, -0.05) is 13.8 Å². The van der Waals surface area contributed by atoms with Crippen molar-refractivity contribution < 1.29 is 0 Å². The molecule has 0 radical (unpaired) electrons. The quantitative estimate of drug-likeness (QED) is 0.838. The Hall–Kier alpha value is -1.76. The maximum absolute atomic E-state index is 9.07. The van der Waals surface area contributed by atoms with Crippen molar-refractivity contribution in [2.24, 2.45) is 5.41 Å². The van der Waals surface area contributed by atoms with Crippen molar-refractivity contribution in [2.45, 2.75) is 45.6 Å². The van der Waals surface area contributed by atoms with E-state index < -0.39 is 0 Å². The van der Waals surface area contributed by atoms with Crippen LogP contribution in [0, 0.1) is 16.7 Å². The molecule has 0 unspecified atom stereocenters. The van der Waals surface area contributed by atoms with Crippen molar-refractivity contribution in [3.05, 3.63) is 17.8 Å². The topological polar surface area (TPSA) is 74.7 Å². The zero-order valence-electron chi connectivity index (χ0n) is 11.0. The molecule has 96 valence electrons. The normalized spacial score (nSPS) is 19.2. The lowest BCUT2D eigenvalue weighted by molar-refractivity contribution is 0.232. The second kappa shape index (κ2) is 4.85. The lowest BCUT2D eigenvalue weighted by Gasteiger charge is -2.34. The second-order valence-electron chi connectivity index (χ2n) is 5.86. The van der Waals surface area contributed by atoms with Crippen molar-refractivity contribution in [3.63, 3.8) is 0 Å². The Morgan fingerprint density at radius 3 is 2.72 bits per heavy atom. The highest BCUT2D eigenvalue weighted by Gasteiger charge is 2.27. The first-order valence-corrected chi connectivity index (χ1v) is 6.42. The predicted molar refractivity (Wildman–Crippen MR) is 73.0 cm³/mol. The molecule has 2 rings (SSSR count). The molecule has 0 amide bonds. The molecular weight excluding hydrogens is 224 g/mol. The summed E-state index contributed by atoms with van der Waals surface area (Å²) in [4.78, 5) is 4.22. The Bertz CT molecular complexity index is 463. The molecule has 1 aliphatic carbocycles. The van der Waals surface area contributed by atoms with Crippen LogP contribution < -0.4 is 11.1 Å². The van der Waals surface area contributed by atoms with Crippen LogP contribution in [0.5, 0.6) is 0 Å². The van der Waals surface area contributed by atoms with Gasteiger partial charge in [0.2, 0.25) is 0 Å². The minimum absolute atomic E-state index is 0.418. The molecule has 1 aliphatic rings. The van der Waals surface area contributed by atoms with Gasteiger partial charge in [-0.2, -0.15) is 5.26 Å². The lowest BCUT2D eigenvalue weighted by Crippen LogP contribution is -2.30. The molecule has 1 fully saturated rings. The summed E-state index contributed by atoms with van der Waals surface area (Å²) in [6.45, 7) is 4.62. The lowest BCUT2D eigenvalue weighted by atomic mass is 9.75. The van der Waals surface area contributed by atoms with E-state index in [9.17, 15) is 0 Å². The number of aromatic nitrogens is 1. The third kappa shape index (κ3) is 2.92. The van der Waals surface area contributed by atoms with Crippen LogP contribution >= 0.6 is 0 Å². The fourth-order valence-electron chi connectivity index (χ4n) is 2.42. The number of hydrogen-bond acceptors (Lipinski definition) is 4. The van der Waals surface area contributed by atoms with Crippen LogP contribution in [-0.4, -0.2) is 11.0 Å². The second-order valence-corrected chi connectivity index (χ2v) is 5.86. The number of nitrogens with one attached hydrogen (secondary N) is 1. The third-order valence-corrected chi connectivity index (χ3v) is 3.71. The minimum Gasteiger partial charge on any atom is -0.397 e. The molecule has 0 atom stereocenters. The summed E-state index contributed by atoms with van der Waals surface area (Å²) in [5, 5.41) is 12.4. The fraction of sp³-hybridized carbons (Fsp3) is 0.571. The molecule has 1 saturated carbocycles. The Balaban J connectivity index is 2.05. The highest BCUT2D eigenvalue weighted by atomic mass is 15.0. The number of rotatable bonds is 2. The first-order chi connectivity index (χ1) is 8.50. The van der Waals surface area contributed by atoms with Gasteiger partial charge in [0.15, 0.2) is 0 Å². The number of nitrogen functional groups attached to an aromatic ring is 1. The summed E-state index contributed by atoms with van der Waals surface area (Å²) < 4.78 is 0. The van der Waals surface area contributed by atoms with Gasteiger partial charge in [0.25, 0.3) is 0 Å². The van der Waals surface area contributed by atoms with Gasteiger partial charge in [0.1, 0.15) is 11.9 Å². The molecule has 4 heteroatoms. The van der Waals surface area contributed by atoms with Crippen LogP contribution in [0.3, 0.4) is 0 Å². The van der Waals surface area contributed by atoms with Crippen LogP contribution in [-0.2, 0) is 0 Å². The summed E-state index contributed by atoms with van der Waals surface area (Å²) >= 11 is 0. The molecule has 1 aromatic rings. The van der Waals surface area contributed by atoms with E-state index in [2.05, 4.69) is 30.2 Å². The van der Waals surface area contributed by atoms with Crippen LogP contribution in [0.2, 0.25) is 0 Å². The molecular formula is C14H20N4. The SMILES string of the molecule is CC1(C)CCC(Nc2ncc(N)cc2C#N)CC1. The van der Waals surface area contributed by atoms with Crippen molar-refractivity contribution >= 4 is 11.5 Å². The van der Waals surface area contributed by atoms with Crippen LogP contribution in [0.25, 0.3) is 0 Å². The van der Waals surface area contributed by atoms with E-state index in [1.54, 1.807) is 12.3 Å². The third-order valence-electron chi connectivity index (χ3n) is 3.71. The van der Waals surface area contributed by atoms with Gasteiger partial charge in [-0.3, -0.25) is 0 Å². The van der Waals surface area contributed by atoms with Crippen molar-refractivity contribution in [1.82, 2.24) is 4.98 Å². The average Bonchev–Trinajstić information content (AvgIpc) is 2.34. The molecule has 0 saturated heterocycles. The molecule has 0 aromatic carbocycles. The van der Waals surface area contributed by atoms with Crippen molar-refractivity contribution in [3.8, 4) is 6.07 Å². The molecule has 3 N–H and O–H groups in total. The smallest absolute Gasteiger partial charge is 0.144 e. The molecule has 4 nitrogen and oxygen atoms in total. The summed E-state index contributed by atoms with van der Waals surface area (Å²) in [6.07, 6.45) is 6.27. The minimum atomic E-state index is 0.418. The standard InChI is InChI=1S/C14H20N4/c1-14(2)5-3-12(4-6-14)18-13-10(8-15)7-11(16)9-17-13/h7,9,12H,3-6,16H2,1-2H3,(H,17,18). The van der Waals surface area contributed by atoms with Gasteiger partial charge in [0, 0.05) is 6.04 Å². The predicted octanol–water partition coefficient (Wildman–Crippen LogP) is 2.92. The zero-order chi connectivity index (χ0) is 13.2. The number of nitrogens with two attached hydrogens (primary N) is 1. The highest BCUT2D eigenvalue weighted by Crippen LogP contribution is 2.36. The van der Waals surface area contributed by atoms with E-state index in [4.69, 9.17) is 11.0 Å².